The molecule has 0 saturated heterocycles. The van der Waals surface area contributed by atoms with E-state index in [4.69, 9.17) is 0 Å². The highest BCUT2D eigenvalue weighted by Gasteiger charge is 2.02. The quantitative estimate of drug-likeness (QED) is 0.626. The van der Waals surface area contributed by atoms with Crippen LogP contribution in [0.4, 0.5) is 4.39 Å². The summed E-state index contributed by atoms with van der Waals surface area (Å²) in [6, 6.07) is 14.9. The molecular formula is C15H12FN. The van der Waals surface area contributed by atoms with Gasteiger partial charge in [0.1, 0.15) is 5.82 Å². The number of hydrogen-bond donors (Lipinski definition) is 0. The highest BCUT2D eigenvalue weighted by atomic mass is 19.1. The molecule has 1 nitrogen and oxygen atoms in total. The van der Waals surface area contributed by atoms with Gasteiger partial charge in [-0.05, 0) is 47.9 Å². The zero-order valence-corrected chi connectivity index (χ0v) is 9.31. The predicted octanol–water partition coefficient (Wildman–Crippen LogP) is 3.67. The van der Waals surface area contributed by atoms with E-state index in [1.807, 2.05) is 36.7 Å². The third-order valence-electron chi connectivity index (χ3n) is 2.96. The van der Waals surface area contributed by atoms with Crippen LogP contribution in [-0.2, 0) is 6.42 Å². The maximum absolute atomic E-state index is 12.8. The van der Waals surface area contributed by atoms with Gasteiger partial charge in [-0.25, -0.2) is 4.39 Å². The first-order valence-corrected chi connectivity index (χ1v) is 5.62. The van der Waals surface area contributed by atoms with Crippen LogP contribution in [0.25, 0.3) is 5.52 Å². The van der Waals surface area contributed by atoms with Crippen LogP contribution in [0.1, 0.15) is 11.1 Å². The molecule has 17 heavy (non-hydrogen) atoms. The normalized spacial score (nSPS) is 10.9. The Hall–Kier alpha value is -2.09. The predicted molar refractivity (Wildman–Crippen MR) is 66.6 cm³/mol. The molecule has 3 aromatic rings. The van der Waals surface area contributed by atoms with E-state index in [1.165, 1.54) is 23.2 Å². The molecule has 0 aliphatic heterocycles. The van der Waals surface area contributed by atoms with Gasteiger partial charge in [-0.15, -0.1) is 0 Å². The van der Waals surface area contributed by atoms with Crippen LogP contribution in [0.2, 0.25) is 0 Å². The molecule has 2 heteroatoms. The lowest BCUT2D eigenvalue weighted by molar-refractivity contribution is 0.627. The van der Waals surface area contributed by atoms with E-state index in [9.17, 15) is 4.39 Å². The van der Waals surface area contributed by atoms with E-state index < -0.39 is 0 Å². The molecule has 2 heterocycles. The van der Waals surface area contributed by atoms with E-state index in [-0.39, 0.29) is 5.82 Å². The summed E-state index contributed by atoms with van der Waals surface area (Å²) in [6.45, 7) is 0. The minimum atomic E-state index is -0.185. The second-order valence-electron chi connectivity index (χ2n) is 4.14. The fourth-order valence-electron chi connectivity index (χ4n) is 2.09. The number of pyridine rings is 1. The number of halogens is 1. The van der Waals surface area contributed by atoms with Gasteiger partial charge in [0.15, 0.2) is 0 Å². The van der Waals surface area contributed by atoms with Crippen molar-refractivity contribution >= 4 is 5.52 Å². The number of rotatable bonds is 2. The highest BCUT2D eigenvalue weighted by molar-refractivity contribution is 5.56. The first kappa shape index (κ1) is 10.1. The summed E-state index contributed by atoms with van der Waals surface area (Å²) in [4.78, 5) is 0. The molecule has 3 rings (SSSR count). The molecular weight excluding hydrogens is 213 g/mol. The summed E-state index contributed by atoms with van der Waals surface area (Å²) < 4.78 is 14.9. The molecule has 0 atom stereocenters. The maximum atomic E-state index is 12.8. The number of nitrogens with zero attached hydrogens (tertiary/aromatic N) is 1. The zero-order chi connectivity index (χ0) is 11.7. The van der Waals surface area contributed by atoms with E-state index in [2.05, 4.69) is 16.5 Å². The van der Waals surface area contributed by atoms with Gasteiger partial charge >= 0.3 is 0 Å². The molecule has 0 fully saturated rings. The van der Waals surface area contributed by atoms with Crippen LogP contribution in [0.15, 0.2) is 60.9 Å². The average Bonchev–Trinajstić information content (AvgIpc) is 2.76. The van der Waals surface area contributed by atoms with Crippen molar-refractivity contribution in [1.82, 2.24) is 4.40 Å². The summed E-state index contributed by atoms with van der Waals surface area (Å²) in [6.07, 6.45) is 4.92. The third-order valence-corrected chi connectivity index (χ3v) is 2.96. The Morgan fingerprint density at radius 2 is 1.71 bits per heavy atom. The van der Waals surface area contributed by atoms with Crippen LogP contribution in [0.5, 0.6) is 0 Å². The Kier molecular flexibility index (Phi) is 2.41. The Labute approximate surface area is 99.1 Å². The Bertz CT molecular complexity index is 637. The van der Waals surface area contributed by atoms with Crippen LogP contribution in [-0.4, -0.2) is 4.40 Å². The molecule has 84 valence electrons. The standard InChI is InChI=1S/C15H12FN/c16-14-6-4-12(5-7-14)11-13-8-10-17-9-2-1-3-15(13)17/h1-10H,11H2. The number of benzene rings is 1. The minimum Gasteiger partial charge on any atom is -0.324 e. The largest absolute Gasteiger partial charge is 0.324 e. The van der Waals surface area contributed by atoms with Crippen molar-refractivity contribution in [2.45, 2.75) is 6.42 Å². The van der Waals surface area contributed by atoms with Gasteiger partial charge in [0, 0.05) is 17.9 Å². The third kappa shape index (κ3) is 1.94. The van der Waals surface area contributed by atoms with Crippen molar-refractivity contribution in [1.29, 1.82) is 0 Å². The monoisotopic (exact) mass is 225 g/mol. The summed E-state index contributed by atoms with van der Waals surface area (Å²) >= 11 is 0. The van der Waals surface area contributed by atoms with E-state index in [0.29, 0.717) is 0 Å². The minimum absolute atomic E-state index is 0.185. The summed E-state index contributed by atoms with van der Waals surface area (Å²) in [5.41, 5.74) is 3.59. The lowest BCUT2D eigenvalue weighted by Crippen LogP contribution is -1.88. The summed E-state index contributed by atoms with van der Waals surface area (Å²) in [5, 5.41) is 0. The van der Waals surface area contributed by atoms with Gasteiger partial charge < -0.3 is 4.40 Å². The molecule has 0 bridgehead atoms. The van der Waals surface area contributed by atoms with Crippen molar-refractivity contribution < 1.29 is 4.39 Å². The van der Waals surface area contributed by atoms with Crippen molar-refractivity contribution in [2.75, 3.05) is 0 Å². The smallest absolute Gasteiger partial charge is 0.123 e. The molecule has 0 amide bonds. The fourth-order valence-corrected chi connectivity index (χ4v) is 2.09. The van der Waals surface area contributed by atoms with Crippen molar-refractivity contribution in [3.8, 4) is 0 Å². The fraction of sp³-hybridized carbons (Fsp3) is 0.0667. The second kappa shape index (κ2) is 4.06. The van der Waals surface area contributed by atoms with Crippen molar-refractivity contribution in [2.24, 2.45) is 0 Å². The Morgan fingerprint density at radius 1 is 0.882 bits per heavy atom. The number of fused-ring (bicyclic) bond motifs is 1. The van der Waals surface area contributed by atoms with Gasteiger partial charge in [-0.2, -0.15) is 0 Å². The molecule has 0 aliphatic carbocycles. The van der Waals surface area contributed by atoms with Crippen LogP contribution in [0, 0.1) is 5.82 Å². The summed E-state index contributed by atoms with van der Waals surface area (Å²) in [5.74, 6) is -0.185. The topological polar surface area (TPSA) is 4.41 Å². The van der Waals surface area contributed by atoms with Gasteiger partial charge in [-0.3, -0.25) is 0 Å². The molecule has 0 N–H and O–H groups in total. The second-order valence-corrected chi connectivity index (χ2v) is 4.14. The lowest BCUT2D eigenvalue weighted by Gasteiger charge is -2.01. The van der Waals surface area contributed by atoms with E-state index >= 15 is 0 Å². The molecule has 0 unspecified atom stereocenters. The molecule has 0 radical (unpaired) electrons. The molecule has 2 aromatic heterocycles. The molecule has 0 aliphatic rings. The van der Waals surface area contributed by atoms with Gasteiger partial charge in [-0.1, -0.05) is 18.2 Å². The van der Waals surface area contributed by atoms with Gasteiger partial charge in [0.25, 0.3) is 0 Å². The zero-order valence-electron chi connectivity index (χ0n) is 9.31. The SMILES string of the molecule is Fc1ccc(Cc2ccn3ccccc23)cc1. The maximum Gasteiger partial charge on any atom is 0.123 e. The molecule has 1 aromatic carbocycles. The Balaban J connectivity index is 1.97. The molecule has 0 saturated carbocycles. The van der Waals surface area contributed by atoms with Crippen LogP contribution >= 0.6 is 0 Å². The first-order valence-electron chi connectivity index (χ1n) is 5.62. The van der Waals surface area contributed by atoms with Gasteiger partial charge in [0.2, 0.25) is 0 Å². The average molecular weight is 225 g/mol. The summed E-state index contributed by atoms with van der Waals surface area (Å²) in [7, 11) is 0. The van der Waals surface area contributed by atoms with E-state index in [1.54, 1.807) is 0 Å². The van der Waals surface area contributed by atoms with Crippen molar-refractivity contribution in [3.63, 3.8) is 0 Å². The number of aromatic nitrogens is 1. The Morgan fingerprint density at radius 3 is 2.53 bits per heavy atom. The van der Waals surface area contributed by atoms with Gasteiger partial charge in [0.05, 0.1) is 0 Å². The van der Waals surface area contributed by atoms with E-state index in [0.717, 1.165) is 12.0 Å². The number of hydrogen-bond acceptors (Lipinski definition) is 0. The lowest BCUT2D eigenvalue weighted by atomic mass is 10.1. The highest BCUT2D eigenvalue weighted by Crippen LogP contribution is 2.17. The van der Waals surface area contributed by atoms with Crippen LogP contribution < -0.4 is 0 Å². The van der Waals surface area contributed by atoms with Crippen LogP contribution in [0.3, 0.4) is 0 Å². The van der Waals surface area contributed by atoms with Crippen molar-refractivity contribution in [3.05, 3.63) is 77.9 Å². The molecule has 0 spiro atoms. The first-order chi connectivity index (χ1) is 8.33.